The summed E-state index contributed by atoms with van der Waals surface area (Å²) in [6.07, 6.45) is 28.5. The molecule has 10 aliphatic carbocycles. The maximum atomic E-state index is 2.00. The van der Waals surface area contributed by atoms with Gasteiger partial charge in [-0.15, -0.1) is 0 Å². The number of hydrogen-bond donors (Lipinski definition) is 0. The number of rotatable bonds is 0. The van der Waals surface area contributed by atoms with E-state index in [1.807, 2.05) is 41.5 Å². The Morgan fingerprint density at radius 1 is 0.265 bits per heavy atom. The first kappa shape index (κ1) is 28.6. The fraction of sp³-hybridized carbons (Fsp3) is 1.00. The van der Waals surface area contributed by atoms with Crippen LogP contribution in [-0.2, 0) is 0 Å². The molecule has 200 valence electrons. The molecule has 0 spiro atoms. The molecule has 0 aromatic carbocycles. The van der Waals surface area contributed by atoms with Gasteiger partial charge in [-0.05, 0) is 136 Å². The van der Waals surface area contributed by atoms with Gasteiger partial charge in [0.15, 0.2) is 0 Å². The second kappa shape index (κ2) is 14.7. The Labute approximate surface area is 216 Å². The van der Waals surface area contributed by atoms with Crippen molar-refractivity contribution in [3.05, 3.63) is 0 Å². The van der Waals surface area contributed by atoms with Crippen LogP contribution in [0, 0.1) is 59.2 Å². The minimum absolute atomic E-state index is 1.15. The zero-order valence-electron chi connectivity index (χ0n) is 24.5. The van der Waals surface area contributed by atoms with E-state index in [2.05, 4.69) is 0 Å². The van der Waals surface area contributed by atoms with Gasteiger partial charge in [0.2, 0.25) is 0 Å². The molecule has 0 N–H and O–H groups in total. The molecule has 0 radical (unpaired) electrons. The summed E-state index contributed by atoms with van der Waals surface area (Å²) in [4.78, 5) is 0. The summed E-state index contributed by atoms with van der Waals surface area (Å²) >= 11 is 0. The van der Waals surface area contributed by atoms with E-state index in [-0.39, 0.29) is 0 Å². The van der Waals surface area contributed by atoms with Crippen LogP contribution in [0.1, 0.15) is 157 Å². The molecule has 0 unspecified atom stereocenters. The molecule has 10 saturated carbocycles. The molecule has 10 bridgehead atoms. The second-order valence-electron chi connectivity index (χ2n) is 13.1. The summed E-state index contributed by atoms with van der Waals surface area (Å²) in [5.74, 6) is 11.8. The molecule has 0 heterocycles. The maximum absolute atomic E-state index is 2.00. The Morgan fingerprint density at radius 2 is 0.471 bits per heavy atom. The van der Waals surface area contributed by atoms with Crippen LogP contribution >= 0.6 is 0 Å². The maximum Gasteiger partial charge on any atom is -0.0380 e. The molecule has 0 heteroatoms. The first-order valence-corrected chi connectivity index (χ1v) is 16.8. The van der Waals surface area contributed by atoms with E-state index < -0.39 is 0 Å². The molecule has 0 amide bonds. The number of fused-ring (bicyclic) bond motifs is 2. The van der Waals surface area contributed by atoms with Gasteiger partial charge < -0.3 is 0 Å². The van der Waals surface area contributed by atoms with Crippen LogP contribution in [0.25, 0.3) is 0 Å². The van der Waals surface area contributed by atoms with E-state index in [1.165, 1.54) is 60.2 Å². The van der Waals surface area contributed by atoms with Gasteiger partial charge in [-0.1, -0.05) is 80.1 Å². The summed E-state index contributed by atoms with van der Waals surface area (Å²) in [5.41, 5.74) is 0. The first-order valence-electron chi connectivity index (χ1n) is 16.8. The van der Waals surface area contributed by atoms with E-state index in [0.29, 0.717) is 0 Å². The summed E-state index contributed by atoms with van der Waals surface area (Å²) in [7, 11) is 0. The summed E-state index contributed by atoms with van der Waals surface area (Å²) < 4.78 is 0. The fourth-order valence-corrected chi connectivity index (χ4v) is 10.3. The average Bonchev–Trinajstić information content (AvgIpc) is 3.31. The largest absolute Gasteiger partial charge is 0.0683 e. The molecule has 0 saturated heterocycles. The van der Waals surface area contributed by atoms with E-state index in [4.69, 9.17) is 0 Å². The van der Waals surface area contributed by atoms with Gasteiger partial charge in [-0.3, -0.25) is 0 Å². The molecule has 0 aromatic rings. The van der Waals surface area contributed by atoms with Gasteiger partial charge in [0.25, 0.3) is 0 Å². The predicted molar refractivity (Wildman–Crippen MR) is 152 cm³/mol. The smallest absolute Gasteiger partial charge is 0.0380 e. The van der Waals surface area contributed by atoms with Crippen LogP contribution < -0.4 is 0 Å². The molecular formula is C34H64. The summed E-state index contributed by atoms with van der Waals surface area (Å²) in [5, 5.41) is 0. The molecule has 10 aliphatic rings. The highest BCUT2D eigenvalue weighted by atomic mass is 14.5. The first-order chi connectivity index (χ1) is 16.8. The van der Waals surface area contributed by atoms with Gasteiger partial charge in [0.1, 0.15) is 0 Å². The monoisotopic (exact) mass is 473 g/mol. The summed E-state index contributed by atoms with van der Waals surface area (Å²) in [6.45, 7) is 12.0. The van der Waals surface area contributed by atoms with Crippen molar-refractivity contribution in [1.82, 2.24) is 0 Å². The Hall–Kier alpha value is 0. The van der Waals surface area contributed by atoms with Gasteiger partial charge in [0, 0.05) is 0 Å². The zero-order valence-corrected chi connectivity index (χ0v) is 24.5. The van der Waals surface area contributed by atoms with E-state index in [9.17, 15) is 0 Å². The molecular weight excluding hydrogens is 408 g/mol. The van der Waals surface area contributed by atoms with Crippen molar-refractivity contribution in [2.24, 2.45) is 59.2 Å². The third-order valence-electron chi connectivity index (χ3n) is 11.0. The van der Waals surface area contributed by atoms with Crippen LogP contribution in [-0.4, -0.2) is 0 Å². The third kappa shape index (κ3) is 7.51. The molecule has 10 fully saturated rings. The van der Waals surface area contributed by atoms with Gasteiger partial charge in [-0.25, -0.2) is 0 Å². The lowest BCUT2D eigenvalue weighted by Gasteiger charge is -2.49. The molecule has 34 heavy (non-hydrogen) atoms. The van der Waals surface area contributed by atoms with Gasteiger partial charge in [0.05, 0.1) is 0 Å². The second-order valence-corrected chi connectivity index (χ2v) is 13.1. The molecule has 0 aromatic heterocycles. The molecule has 0 atom stereocenters. The normalized spacial score (nSPS) is 45.0. The molecule has 0 nitrogen and oxygen atoms in total. The van der Waals surface area contributed by atoms with E-state index >= 15 is 0 Å². The van der Waals surface area contributed by atoms with Crippen LogP contribution in [0.5, 0.6) is 0 Å². The van der Waals surface area contributed by atoms with Crippen molar-refractivity contribution in [1.29, 1.82) is 0 Å². The van der Waals surface area contributed by atoms with Crippen molar-refractivity contribution in [2.75, 3.05) is 0 Å². The van der Waals surface area contributed by atoms with Crippen molar-refractivity contribution in [3.63, 3.8) is 0 Å². The fourth-order valence-electron chi connectivity index (χ4n) is 10.3. The highest BCUT2D eigenvalue weighted by molar-refractivity contribution is 4.98. The topological polar surface area (TPSA) is 0 Å². The average molecular weight is 473 g/mol. The highest BCUT2D eigenvalue weighted by Crippen LogP contribution is 2.58. The predicted octanol–water partition coefficient (Wildman–Crippen LogP) is 11.3. The van der Waals surface area contributed by atoms with Gasteiger partial charge in [-0.2, -0.15) is 0 Å². The van der Waals surface area contributed by atoms with Crippen molar-refractivity contribution < 1.29 is 0 Å². The Balaban J connectivity index is 0.000000129. The Morgan fingerprint density at radius 3 is 0.676 bits per heavy atom. The highest BCUT2D eigenvalue weighted by Gasteiger charge is 2.47. The Kier molecular flexibility index (Phi) is 12.3. The van der Waals surface area contributed by atoms with E-state index in [1.54, 1.807) is 103 Å². The lowest BCUT2D eigenvalue weighted by Crippen LogP contribution is -2.38. The standard InChI is InChI=1S/C10H16.C9H14.C9H16.3C2H6/c1-7-2-9-4-8(1)5-10(3-7)6-9;1-6-2-8-4-7(1)5-9(8)3-6;1-3-8-5-2-6-9(4-1)7-8;3*1-2/h7-10H,1-6H2;6-9H,1-5H2;8-9H,1-7H2;3*1-2H3. The lowest BCUT2D eigenvalue weighted by atomic mass is 9.56. The molecule has 10 rings (SSSR count). The lowest BCUT2D eigenvalue weighted by molar-refractivity contribution is 0.0198. The zero-order chi connectivity index (χ0) is 24.5. The van der Waals surface area contributed by atoms with Crippen molar-refractivity contribution in [3.8, 4) is 0 Å². The Bertz CT molecular complexity index is 422. The van der Waals surface area contributed by atoms with Gasteiger partial charge >= 0.3 is 0 Å². The molecule has 0 aliphatic heterocycles. The van der Waals surface area contributed by atoms with Crippen LogP contribution in [0.4, 0.5) is 0 Å². The number of hydrogen-bond acceptors (Lipinski definition) is 0. The van der Waals surface area contributed by atoms with Crippen LogP contribution in [0.3, 0.4) is 0 Å². The van der Waals surface area contributed by atoms with Crippen molar-refractivity contribution >= 4 is 0 Å². The minimum Gasteiger partial charge on any atom is -0.0683 e. The van der Waals surface area contributed by atoms with Crippen LogP contribution in [0.2, 0.25) is 0 Å². The van der Waals surface area contributed by atoms with Crippen LogP contribution in [0.15, 0.2) is 0 Å². The quantitative estimate of drug-likeness (QED) is 0.329. The SMILES string of the molecule is C1C2CC3CC1CC(C2)C3.C1C2CC3CC1CC3C2.C1CC2CCCC(C1)C2.CC.CC.CC. The van der Waals surface area contributed by atoms with Crippen molar-refractivity contribution in [2.45, 2.75) is 157 Å². The van der Waals surface area contributed by atoms with E-state index in [0.717, 1.165) is 11.8 Å². The summed E-state index contributed by atoms with van der Waals surface area (Å²) in [6, 6.07) is 0. The third-order valence-corrected chi connectivity index (χ3v) is 11.0. The minimum atomic E-state index is 1.15.